The first-order valence-electron chi connectivity index (χ1n) is 11.1. The summed E-state index contributed by atoms with van der Waals surface area (Å²) in [7, 11) is 3.39. The van der Waals surface area contributed by atoms with Gasteiger partial charge in [-0.2, -0.15) is 0 Å². The predicted molar refractivity (Wildman–Crippen MR) is 109 cm³/mol. The third-order valence-corrected chi connectivity index (χ3v) is 6.65. The van der Waals surface area contributed by atoms with Crippen molar-refractivity contribution < 1.29 is 18.9 Å². The molecule has 27 heavy (non-hydrogen) atoms. The van der Waals surface area contributed by atoms with Crippen LogP contribution in [0.2, 0.25) is 0 Å². The summed E-state index contributed by atoms with van der Waals surface area (Å²) in [6, 6.07) is 0.676. The first-order chi connectivity index (χ1) is 13.2. The summed E-state index contributed by atoms with van der Waals surface area (Å²) in [6.45, 7) is 7.38. The maximum absolute atomic E-state index is 6.25. The van der Waals surface area contributed by atoms with Crippen LogP contribution in [0.25, 0.3) is 0 Å². The third-order valence-electron chi connectivity index (χ3n) is 6.65. The molecular formula is C22H43NO4. The summed E-state index contributed by atoms with van der Waals surface area (Å²) in [5.74, 6) is 2.53. The van der Waals surface area contributed by atoms with E-state index in [9.17, 15) is 0 Å². The van der Waals surface area contributed by atoms with Gasteiger partial charge in [-0.1, -0.05) is 33.1 Å². The maximum Gasteiger partial charge on any atom is 0.146 e. The zero-order chi connectivity index (χ0) is 19.5. The molecule has 1 aliphatic carbocycles. The minimum atomic E-state index is 0.252. The lowest BCUT2D eigenvalue weighted by molar-refractivity contribution is -0.122. The summed E-state index contributed by atoms with van der Waals surface area (Å²) < 4.78 is 22.1. The molecule has 0 bridgehead atoms. The third kappa shape index (κ3) is 7.62. The number of piperidine rings is 1. The molecule has 0 aromatic rings. The van der Waals surface area contributed by atoms with E-state index in [0.29, 0.717) is 37.4 Å². The Kier molecular flexibility index (Phi) is 11.2. The van der Waals surface area contributed by atoms with Crippen LogP contribution in [-0.2, 0) is 18.9 Å². The van der Waals surface area contributed by atoms with Gasteiger partial charge in [0.1, 0.15) is 13.6 Å². The molecule has 2 rings (SSSR count). The fraction of sp³-hybridized carbons (Fsp3) is 1.00. The predicted octanol–water partition coefficient (Wildman–Crippen LogP) is 4.21. The molecule has 6 unspecified atom stereocenters. The Morgan fingerprint density at radius 3 is 2.26 bits per heavy atom. The van der Waals surface area contributed by atoms with Gasteiger partial charge >= 0.3 is 0 Å². The molecule has 0 aromatic carbocycles. The van der Waals surface area contributed by atoms with E-state index in [-0.39, 0.29) is 6.10 Å². The van der Waals surface area contributed by atoms with Gasteiger partial charge in [-0.15, -0.1) is 0 Å². The van der Waals surface area contributed by atoms with Crippen LogP contribution in [0, 0.1) is 23.7 Å². The highest BCUT2D eigenvalue weighted by Gasteiger charge is 2.38. The summed E-state index contributed by atoms with van der Waals surface area (Å²) in [5, 5.41) is 3.79. The van der Waals surface area contributed by atoms with Crippen molar-refractivity contribution in [3.05, 3.63) is 0 Å². The van der Waals surface area contributed by atoms with E-state index < -0.39 is 0 Å². The minimum absolute atomic E-state index is 0.252. The summed E-state index contributed by atoms with van der Waals surface area (Å²) >= 11 is 0. The highest BCUT2D eigenvalue weighted by Crippen LogP contribution is 2.41. The highest BCUT2D eigenvalue weighted by molar-refractivity contribution is 4.90. The molecule has 0 aromatic heterocycles. The lowest BCUT2D eigenvalue weighted by atomic mass is 9.67. The van der Waals surface area contributed by atoms with E-state index in [1.165, 1.54) is 51.5 Å². The van der Waals surface area contributed by atoms with Crippen molar-refractivity contribution in [3.8, 4) is 0 Å². The van der Waals surface area contributed by atoms with E-state index in [2.05, 4.69) is 19.2 Å². The average molecular weight is 386 g/mol. The Morgan fingerprint density at radius 1 is 0.889 bits per heavy atom. The number of nitrogens with one attached hydrogen (secondary N) is 1. The zero-order valence-corrected chi connectivity index (χ0v) is 18.1. The molecule has 5 heteroatoms. The smallest absolute Gasteiger partial charge is 0.146 e. The molecule has 2 aliphatic rings. The fourth-order valence-electron chi connectivity index (χ4n) is 5.25. The second kappa shape index (κ2) is 13.1. The molecule has 6 atom stereocenters. The van der Waals surface area contributed by atoms with Crippen molar-refractivity contribution >= 4 is 0 Å². The second-order valence-electron chi connectivity index (χ2n) is 8.76. The van der Waals surface area contributed by atoms with Crippen LogP contribution >= 0.6 is 0 Å². The topological polar surface area (TPSA) is 49.0 Å². The fourth-order valence-corrected chi connectivity index (χ4v) is 5.25. The first kappa shape index (κ1) is 23.1. The Hall–Kier alpha value is -0.200. The van der Waals surface area contributed by atoms with Crippen molar-refractivity contribution in [1.29, 1.82) is 0 Å². The summed E-state index contributed by atoms with van der Waals surface area (Å²) in [6.07, 6.45) is 10.6. The monoisotopic (exact) mass is 385 g/mol. The van der Waals surface area contributed by atoms with Crippen LogP contribution in [0.1, 0.15) is 65.2 Å². The van der Waals surface area contributed by atoms with Crippen molar-refractivity contribution in [2.24, 2.45) is 23.7 Å². The molecule has 0 amide bonds. The number of hydrogen-bond acceptors (Lipinski definition) is 5. The molecule has 1 heterocycles. The molecule has 1 aliphatic heterocycles. The summed E-state index contributed by atoms with van der Waals surface area (Å²) in [4.78, 5) is 0. The molecule has 1 N–H and O–H groups in total. The van der Waals surface area contributed by atoms with Crippen LogP contribution < -0.4 is 5.32 Å². The highest BCUT2D eigenvalue weighted by atomic mass is 16.7. The van der Waals surface area contributed by atoms with Gasteiger partial charge < -0.3 is 24.3 Å². The van der Waals surface area contributed by atoms with Gasteiger partial charge in [-0.3, -0.25) is 0 Å². The zero-order valence-electron chi connectivity index (χ0n) is 18.1. The lowest BCUT2D eigenvalue weighted by Gasteiger charge is -2.44. The van der Waals surface area contributed by atoms with Gasteiger partial charge in [0, 0.05) is 20.3 Å². The van der Waals surface area contributed by atoms with E-state index in [1.807, 2.05) is 0 Å². The Balaban J connectivity index is 2.00. The van der Waals surface area contributed by atoms with E-state index in [4.69, 9.17) is 18.9 Å². The maximum atomic E-state index is 6.25. The lowest BCUT2D eigenvalue weighted by Crippen LogP contribution is -2.46. The molecule has 1 saturated carbocycles. The quantitative estimate of drug-likeness (QED) is 0.403. The second-order valence-corrected chi connectivity index (χ2v) is 8.76. The largest absolute Gasteiger partial charge is 0.359 e. The molecule has 1 saturated heterocycles. The molecule has 0 radical (unpaired) electrons. The van der Waals surface area contributed by atoms with Gasteiger partial charge in [-0.05, 0) is 62.3 Å². The van der Waals surface area contributed by atoms with E-state index >= 15 is 0 Å². The van der Waals surface area contributed by atoms with Crippen molar-refractivity contribution in [2.75, 3.05) is 41.0 Å². The van der Waals surface area contributed by atoms with Crippen LogP contribution in [0.15, 0.2) is 0 Å². The number of methoxy groups -OCH3 is 2. The van der Waals surface area contributed by atoms with Crippen molar-refractivity contribution in [2.45, 2.75) is 77.4 Å². The first-order valence-corrected chi connectivity index (χ1v) is 11.1. The van der Waals surface area contributed by atoms with E-state index in [1.54, 1.807) is 14.2 Å². The van der Waals surface area contributed by atoms with Gasteiger partial charge in [0.2, 0.25) is 0 Å². The van der Waals surface area contributed by atoms with Gasteiger partial charge in [0.05, 0.1) is 12.7 Å². The van der Waals surface area contributed by atoms with Crippen LogP contribution in [0.4, 0.5) is 0 Å². The van der Waals surface area contributed by atoms with Crippen LogP contribution in [0.5, 0.6) is 0 Å². The standard InChI is InChI=1S/C22H43NO4/c1-17(14-26-15-24-3)13-22(27-16-25-4)20-10-6-5-9-19(20)18(2)21-11-7-8-12-23-21/h17-23H,5-16H2,1-4H3. The SMILES string of the molecule is COCOCC(C)CC(OCOC)C1CCCCC1C(C)C1CCCCN1. The molecule has 0 spiro atoms. The van der Waals surface area contributed by atoms with Crippen LogP contribution in [0.3, 0.4) is 0 Å². The van der Waals surface area contributed by atoms with Crippen molar-refractivity contribution in [3.63, 3.8) is 0 Å². The van der Waals surface area contributed by atoms with Crippen LogP contribution in [-0.4, -0.2) is 53.1 Å². The minimum Gasteiger partial charge on any atom is -0.359 e. The molecule has 2 fully saturated rings. The summed E-state index contributed by atoms with van der Waals surface area (Å²) in [5.41, 5.74) is 0. The van der Waals surface area contributed by atoms with Gasteiger partial charge in [0.25, 0.3) is 0 Å². The average Bonchev–Trinajstić information content (AvgIpc) is 2.71. The molecule has 160 valence electrons. The van der Waals surface area contributed by atoms with Gasteiger partial charge in [-0.25, -0.2) is 0 Å². The Bertz CT molecular complexity index is 375. The molecule has 5 nitrogen and oxygen atoms in total. The van der Waals surface area contributed by atoms with Crippen molar-refractivity contribution in [1.82, 2.24) is 5.32 Å². The number of hydrogen-bond donors (Lipinski definition) is 1. The molecular weight excluding hydrogens is 342 g/mol. The Labute approximate surface area is 166 Å². The normalized spacial score (nSPS) is 30.0. The number of rotatable bonds is 12. The number of ether oxygens (including phenoxy) is 4. The Morgan fingerprint density at radius 2 is 1.59 bits per heavy atom. The van der Waals surface area contributed by atoms with E-state index in [0.717, 1.165) is 18.9 Å². The van der Waals surface area contributed by atoms with Gasteiger partial charge in [0.15, 0.2) is 0 Å².